The third-order valence-corrected chi connectivity index (χ3v) is 2.24. The average Bonchev–Trinajstić information content (AvgIpc) is 2.27. The monoisotopic (exact) mass is 210 g/mol. The van der Waals surface area contributed by atoms with Gasteiger partial charge in [0.25, 0.3) is 0 Å². The van der Waals surface area contributed by atoms with E-state index < -0.39 is 18.8 Å². The van der Waals surface area contributed by atoms with Crippen LogP contribution in [0.1, 0.15) is 27.6 Å². The Morgan fingerprint density at radius 1 is 1.40 bits per heavy atom. The minimum absolute atomic E-state index is 0.320. The van der Waals surface area contributed by atoms with E-state index in [1.807, 2.05) is 6.92 Å². The molecule has 0 fully saturated rings. The molecule has 0 heterocycles. The van der Waals surface area contributed by atoms with E-state index in [4.69, 9.17) is 5.11 Å². The molecule has 1 rings (SSSR count). The van der Waals surface area contributed by atoms with Crippen molar-refractivity contribution in [2.24, 2.45) is 0 Å². The van der Waals surface area contributed by atoms with E-state index in [2.05, 4.69) is 0 Å². The molecule has 82 valence electrons. The fourth-order valence-electron chi connectivity index (χ4n) is 1.36. The normalized spacial score (nSPS) is 14.7. The Labute approximate surface area is 87.8 Å². The first-order valence-corrected chi connectivity index (χ1v) is 4.63. The van der Waals surface area contributed by atoms with Crippen molar-refractivity contribution in [2.75, 3.05) is 6.61 Å². The van der Waals surface area contributed by atoms with Crippen LogP contribution in [0, 0.1) is 6.92 Å². The predicted molar refractivity (Wildman–Crippen MR) is 54.6 cm³/mol. The van der Waals surface area contributed by atoms with Gasteiger partial charge >= 0.3 is 0 Å². The fourth-order valence-corrected chi connectivity index (χ4v) is 1.36. The van der Waals surface area contributed by atoms with Crippen LogP contribution in [-0.2, 0) is 0 Å². The summed E-state index contributed by atoms with van der Waals surface area (Å²) in [7, 11) is 0. The number of aliphatic hydroxyl groups excluding tert-OH is 3. The second-order valence-electron chi connectivity index (χ2n) is 3.44. The second-order valence-corrected chi connectivity index (χ2v) is 3.44. The van der Waals surface area contributed by atoms with Crippen LogP contribution in [0.2, 0.25) is 0 Å². The fraction of sp³-hybridized carbons (Fsp3) is 0.364. The van der Waals surface area contributed by atoms with Gasteiger partial charge in [0.2, 0.25) is 0 Å². The molecule has 1 aromatic rings. The molecule has 4 nitrogen and oxygen atoms in total. The number of carbonyl (C=O) groups excluding carboxylic acids is 1. The van der Waals surface area contributed by atoms with Crippen molar-refractivity contribution in [3.8, 4) is 0 Å². The summed E-state index contributed by atoms with van der Waals surface area (Å²) in [4.78, 5) is 10.7. The van der Waals surface area contributed by atoms with Crippen molar-refractivity contribution in [2.45, 2.75) is 19.1 Å². The molecule has 15 heavy (non-hydrogen) atoms. The van der Waals surface area contributed by atoms with Crippen molar-refractivity contribution in [3.05, 3.63) is 34.9 Å². The number of benzene rings is 1. The molecule has 0 radical (unpaired) electrons. The summed E-state index contributed by atoms with van der Waals surface area (Å²) in [5.74, 6) is 0. The quantitative estimate of drug-likeness (QED) is 0.620. The molecular weight excluding hydrogens is 196 g/mol. The lowest BCUT2D eigenvalue weighted by Crippen LogP contribution is -2.23. The lowest BCUT2D eigenvalue weighted by molar-refractivity contribution is -0.0154. The molecule has 0 aliphatic rings. The number of hydrogen-bond donors (Lipinski definition) is 3. The van der Waals surface area contributed by atoms with Gasteiger partial charge in [0.05, 0.1) is 6.61 Å². The van der Waals surface area contributed by atoms with Gasteiger partial charge in [-0.1, -0.05) is 23.8 Å². The number of rotatable bonds is 4. The van der Waals surface area contributed by atoms with E-state index >= 15 is 0 Å². The van der Waals surface area contributed by atoms with Crippen molar-refractivity contribution in [1.82, 2.24) is 0 Å². The summed E-state index contributed by atoms with van der Waals surface area (Å²) in [6.07, 6.45) is -1.90. The second kappa shape index (κ2) is 5.02. The van der Waals surface area contributed by atoms with E-state index in [0.29, 0.717) is 17.4 Å². The molecule has 0 aliphatic carbocycles. The van der Waals surface area contributed by atoms with Gasteiger partial charge in [-0.25, -0.2) is 0 Å². The van der Waals surface area contributed by atoms with Crippen LogP contribution in [0.25, 0.3) is 0 Å². The van der Waals surface area contributed by atoms with Crippen LogP contribution in [-0.4, -0.2) is 34.3 Å². The van der Waals surface area contributed by atoms with Crippen LogP contribution in [0.15, 0.2) is 18.2 Å². The molecule has 0 bridgehead atoms. The highest BCUT2D eigenvalue weighted by Gasteiger charge is 2.20. The smallest absolute Gasteiger partial charge is 0.150 e. The molecule has 0 saturated carbocycles. The van der Waals surface area contributed by atoms with Gasteiger partial charge in [0.1, 0.15) is 18.5 Å². The summed E-state index contributed by atoms with van der Waals surface area (Å²) < 4.78 is 0. The van der Waals surface area contributed by atoms with E-state index in [1.54, 1.807) is 18.2 Å². The van der Waals surface area contributed by atoms with E-state index in [0.717, 1.165) is 5.56 Å². The van der Waals surface area contributed by atoms with Gasteiger partial charge in [-0.3, -0.25) is 4.79 Å². The maximum Gasteiger partial charge on any atom is 0.150 e. The van der Waals surface area contributed by atoms with Crippen molar-refractivity contribution in [1.29, 1.82) is 0 Å². The van der Waals surface area contributed by atoms with Crippen LogP contribution in [0.3, 0.4) is 0 Å². The van der Waals surface area contributed by atoms with Crippen molar-refractivity contribution in [3.63, 3.8) is 0 Å². The Kier molecular flexibility index (Phi) is 3.96. The topological polar surface area (TPSA) is 77.8 Å². The SMILES string of the molecule is Cc1ccc(C=O)c(C(O)C(O)CO)c1. The Balaban J connectivity index is 3.10. The molecule has 3 N–H and O–H groups in total. The number of carbonyl (C=O) groups is 1. The molecule has 0 amide bonds. The van der Waals surface area contributed by atoms with Gasteiger partial charge in [-0.05, 0) is 12.5 Å². The highest BCUT2D eigenvalue weighted by Crippen LogP contribution is 2.21. The molecule has 0 spiro atoms. The van der Waals surface area contributed by atoms with E-state index in [9.17, 15) is 15.0 Å². The highest BCUT2D eigenvalue weighted by molar-refractivity contribution is 5.77. The Morgan fingerprint density at radius 2 is 2.07 bits per heavy atom. The van der Waals surface area contributed by atoms with E-state index in [-0.39, 0.29) is 0 Å². The summed E-state index contributed by atoms with van der Waals surface area (Å²) in [5.41, 5.74) is 1.53. The maximum absolute atomic E-state index is 10.7. The molecule has 2 atom stereocenters. The zero-order valence-corrected chi connectivity index (χ0v) is 8.42. The van der Waals surface area contributed by atoms with Gasteiger partial charge in [-0.2, -0.15) is 0 Å². The van der Waals surface area contributed by atoms with Crippen LogP contribution >= 0.6 is 0 Å². The van der Waals surface area contributed by atoms with Crippen molar-refractivity contribution < 1.29 is 20.1 Å². The predicted octanol–water partition coefficient (Wildman–Crippen LogP) is 0.194. The maximum atomic E-state index is 10.7. The number of hydrogen-bond acceptors (Lipinski definition) is 4. The lowest BCUT2D eigenvalue weighted by atomic mass is 9.97. The summed E-state index contributed by atoms with van der Waals surface area (Å²) in [6.45, 7) is 1.27. The molecule has 4 heteroatoms. The summed E-state index contributed by atoms with van der Waals surface area (Å²) in [6, 6.07) is 4.93. The number of aldehydes is 1. The largest absolute Gasteiger partial charge is 0.394 e. The zero-order chi connectivity index (χ0) is 11.4. The van der Waals surface area contributed by atoms with Gasteiger partial charge in [0.15, 0.2) is 0 Å². The Morgan fingerprint density at radius 3 is 2.60 bits per heavy atom. The first-order chi connectivity index (χ1) is 7.10. The number of aryl methyl sites for hydroxylation is 1. The molecule has 0 aliphatic heterocycles. The minimum atomic E-state index is -1.27. The Hall–Kier alpha value is -1.23. The van der Waals surface area contributed by atoms with Gasteiger partial charge < -0.3 is 15.3 Å². The van der Waals surface area contributed by atoms with Gasteiger partial charge in [0, 0.05) is 5.56 Å². The Bertz CT molecular complexity index is 348. The standard InChI is InChI=1S/C11H14O4/c1-7-2-3-8(5-12)9(4-7)11(15)10(14)6-13/h2-5,10-11,13-15H,6H2,1H3. The summed E-state index contributed by atoms with van der Waals surface area (Å²) >= 11 is 0. The molecule has 1 aromatic carbocycles. The molecule has 0 aromatic heterocycles. The highest BCUT2D eigenvalue weighted by atomic mass is 16.4. The third kappa shape index (κ3) is 2.62. The minimum Gasteiger partial charge on any atom is -0.394 e. The first-order valence-electron chi connectivity index (χ1n) is 4.63. The first kappa shape index (κ1) is 11.8. The van der Waals surface area contributed by atoms with Crippen LogP contribution < -0.4 is 0 Å². The lowest BCUT2D eigenvalue weighted by Gasteiger charge is -2.17. The molecular formula is C11H14O4. The third-order valence-electron chi connectivity index (χ3n) is 2.24. The molecule has 2 unspecified atom stereocenters. The average molecular weight is 210 g/mol. The number of aliphatic hydroxyl groups is 3. The summed E-state index contributed by atoms with van der Waals surface area (Å²) in [5, 5.41) is 27.6. The van der Waals surface area contributed by atoms with Crippen LogP contribution in [0.5, 0.6) is 0 Å². The van der Waals surface area contributed by atoms with E-state index in [1.165, 1.54) is 0 Å². The van der Waals surface area contributed by atoms with Gasteiger partial charge in [-0.15, -0.1) is 0 Å². The van der Waals surface area contributed by atoms with Crippen LogP contribution in [0.4, 0.5) is 0 Å². The molecule has 0 saturated heterocycles. The van der Waals surface area contributed by atoms with Crippen molar-refractivity contribution >= 4 is 6.29 Å². The zero-order valence-electron chi connectivity index (χ0n) is 8.42.